The van der Waals surface area contributed by atoms with Crippen LogP contribution in [0.15, 0.2) is 34.9 Å². The molecular weight excluding hydrogens is 348 g/mol. The summed E-state index contributed by atoms with van der Waals surface area (Å²) in [4.78, 5) is 24.8. The molecule has 1 fully saturated rings. The summed E-state index contributed by atoms with van der Waals surface area (Å²) < 4.78 is 23.4. The van der Waals surface area contributed by atoms with Gasteiger partial charge < -0.3 is 18.9 Å². The summed E-state index contributed by atoms with van der Waals surface area (Å²) in [6.07, 6.45) is 4.59. The van der Waals surface area contributed by atoms with Crippen LogP contribution in [-0.4, -0.2) is 43.1 Å². The van der Waals surface area contributed by atoms with Crippen LogP contribution >= 0.6 is 0 Å². The first-order valence-electron chi connectivity index (χ1n) is 9.36. The van der Waals surface area contributed by atoms with Gasteiger partial charge in [0.1, 0.15) is 18.3 Å². The second kappa shape index (κ2) is 7.24. The van der Waals surface area contributed by atoms with Crippen LogP contribution in [0.1, 0.15) is 41.0 Å². The van der Waals surface area contributed by atoms with Gasteiger partial charge in [0.15, 0.2) is 0 Å². The molecule has 0 spiro atoms. The summed E-state index contributed by atoms with van der Waals surface area (Å²) in [7, 11) is 1.58. The highest BCUT2D eigenvalue weighted by molar-refractivity contribution is 5.87. The molecule has 27 heavy (non-hydrogen) atoms. The predicted molar refractivity (Wildman–Crippen MR) is 98.6 cm³/mol. The molecule has 3 heterocycles. The minimum Gasteiger partial charge on any atom is -0.459 e. The number of hydrogen-bond acceptors (Lipinski definition) is 6. The van der Waals surface area contributed by atoms with E-state index < -0.39 is 30.0 Å². The average Bonchev–Trinajstić information content (AvgIpc) is 3.11. The smallest absolute Gasteiger partial charge is 0.333 e. The maximum atomic E-state index is 12.5. The summed E-state index contributed by atoms with van der Waals surface area (Å²) in [6.45, 7) is 9.23. The normalized spacial score (nSPS) is 40.7. The van der Waals surface area contributed by atoms with Gasteiger partial charge in [-0.25, -0.2) is 4.79 Å². The summed E-state index contributed by atoms with van der Waals surface area (Å²) in [5, 5.41) is 0. The van der Waals surface area contributed by atoms with Crippen molar-refractivity contribution in [2.75, 3.05) is 7.11 Å². The standard InChI is InChI=1S/C21H28O6/c1-7-12(3)19(22)25-15-8-11(2)9-21(24-6)10-13(4)17(27-21)18-16(15)14(5)20(23)26-18/h7,9-10,14-18H,8H2,1-6H3/b11-9-,12-7+/t14-,15-,16+,17+,18-,21-/m0/s1. The maximum absolute atomic E-state index is 12.5. The van der Waals surface area contributed by atoms with Crippen LogP contribution in [0.2, 0.25) is 0 Å². The number of hydrogen-bond donors (Lipinski definition) is 0. The molecule has 0 radical (unpaired) electrons. The molecular formula is C21H28O6. The predicted octanol–water partition coefficient (Wildman–Crippen LogP) is 3.08. The zero-order valence-electron chi connectivity index (χ0n) is 16.8. The number of methoxy groups -OCH3 is 1. The molecule has 0 aromatic heterocycles. The van der Waals surface area contributed by atoms with E-state index in [0.29, 0.717) is 12.0 Å². The van der Waals surface area contributed by atoms with Gasteiger partial charge >= 0.3 is 11.9 Å². The van der Waals surface area contributed by atoms with Gasteiger partial charge in [-0.15, -0.1) is 0 Å². The molecule has 0 N–H and O–H groups in total. The Balaban J connectivity index is 2.03. The first kappa shape index (κ1) is 19.8. The third-order valence-corrected chi connectivity index (χ3v) is 5.80. The van der Waals surface area contributed by atoms with Crippen LogP contribution < -0.4 is 0 Å². The lowest BCUT2D eigenvalue weighted by molar-refractivity contribution is -0.189. The molecule has 0 aliphatic carbocycles. The van der Waals surface area contributed by atoms with Crippen LogP contribution in [-0.2, 0) is 28.5 Å². The Hall–Kier alpha value is -1.92. The Morgan fingerprint density at radius 1 is 1.33 bits per heavy atom. The molecule has 2 bridgehead atoms. The summed E-state index contributed by atoms with van der Waals surface area (Å²) in [5.74, 6) is -2.34. The van der Waals surface area contributed by atoms with Crippen LogP contribution in [0, 0.1) is 11.8 Å². The first-order valence-corrected chi connectivity index (χ1v) is 9.36. The van der Waals surface area contributed by atoms with Crippen molar-refractivity contribution in [3.8, 4) is 0 Å². The number of allylic oxidation sites excluding steroid dienone is 1. The van der Waals surface area contributed by atoms with Gasteiger partial charge in [0, 0.05) is 25.0 Å². The highest BCUT2D eigenvalue weighted by atomic mass is 16.7. The Kier molecular flexibility index (Phi) is 5.32. The van der Waals surface area contributed by atoms with Crippen molar-refractivity contribution < 1.29 is 28.5 Å². The number of esters is 2. The van der Waals surface area contributed by atoms with Crippen molar-refractivity contribution in [3.05, 3.63) is 34.9 Å². The maximum Gasteiger partial charge on any atom is 0.333 e. The van der Waals surface area contributed by atoms with Crippen LogP contribution in [0.5, 0.6) is 0 Å². The Bertz CT molecular complexity index is 733. The lowest BCUT2D eigenvalue weighted by Gasteiger charge is -2.31. The Morgan fingerprint density at radius 3 is 2.67 bits per heavy atom. The topological polar surface area (TPSA) is 71.1 Å². The number of carbonyl (C=O) groups is 2. The van der Waals surface area contributed by atoms with Gasteiger partial charge in [-0.2, -0.15) is 0 Å². The van der Waals surface area contributed by atoms with E-state index in [0.717, 1.165) is 11.1 Å². The fraction of sp³-hybridized carbons (Fsp3) is 0.619. The van der Waals surface area contributed by atoms with E-state index in [1.54, 1.807) is 27.0 Å². The molecule has 0 saturated carbocycles. The van der Waals surface area contributed by atoms with Crippen molar-refractivity contribution in [3.63, 3.8) is 0 Å². The van der Waals surface area contributed by atoms with E-state index in [1.165, 1.54) is 0 Å². The molecule has 1 saturated heterocycles. The van der Waals surface area contributed by atoms with Crippen LogP contribution in [0.4, 0.5) is 0 Å². The third-order valence-electron chi connectivity index (χ3n) is 5.80. The molecule has 0 amide bonds. The van der Waals surface area contributed by atoms with Gasteiger partial charge in [-0.3, -0.25) is 4.79 Å². The monoisotopic (exact) mass is 376 g/mol. The lowest BCUT2D eigenvalue weighted by atomic mass is 9.80. The number of rotatable bonds is 3. The van der Waals surface area contributed by atoms with Gasteiger partial charge in [0.2, 0.25) is 5.79 Å². The molecule has 6 atom stereocenters. The van der Waals surface area contributed by atoms with E-state index in [1.807, 2.05) is 32.9 Å². The van der Waals surface area contributed by atoms with E-state index in [4.69, 9.17) is 18.9 Å². The van der Waals surface area contributed by atoms with Crippen molar-refractivity contribution in [2.45, 2.75) is 65.1 Å². The van der Waals surface area contributed by atoms with Gasteiger partial charge in [-0.1, -0.05) is 18.6 Å². The van der Waals surface area contributed by atoms with E-state index in [9.17, 15) is 9.59 Å². The SMILES string of the molecule is C/C=C(\C)C(=O)O[C@H]1C/C(C)=C\[C@@]2(OC)C=C(C)[C@@H](O2)[C@H]2OC(=O)[C@@H](C)[C@@H]21. The number of carbonyl (C=O) groups excluding carboxylic acids is 2. The van der Waals surface area contributed by atoms with Crippen LogP contribution in [0.3, 0.4) is 0 Å². The average molecular weight is 376 g/mol. The Morgan fingerprint density at radius 2 is 2.04 bits per heavy atom. The largest absolute Gasteiger partial charge is 0.459 e. The van der Waals surface area contributed by atoms with Gasteiger partial charge in [0.25, 0.3) is 0 Å². The fourth-order valence-corrected chi connectivity index (χ4v) is 4.18. The minimum atomic E-state index is -0.986. The van der Waals surface area contributed by atoms with Gasteiger partial charge in [-0.05, 0) is 45.4 Å². The van der Waals surface area contributed by atoms with Crippen molar-refractivity contribution in [1.82, 2.24) is 0 Å². The second-order valence-electron chi connectivity index (χ2n) is 7.73. The van der Waals surface area contributed by atoms with E-state index in [-0.39, 0.29) is 17.9 Å². The summed E-state index contributed by atoms with van der Waals surface area (Å²) in [6, 6.07) is 0. The molecule has 3 rings (SSSR count). The number of ether oxygens (including phenoxy) is 4. The van der Waals surface area contributed by atoms with E-state index >= 15 is 0 Å². The third kappa shape index (κ3) is 3.48. The second-order valence-corrected chi connectivity index (χ2v) is 7.73. The zero-order valence-corrected chi connectivity index (χ0v) is 16.8. The molecule has 0 aromatic rings. The van der Waals surface area contributed by atoms with Crippen molar-refractivity contribution in [1.29, 1.82) is 0 Å². The molecule has 3 aliphatic rings. The van der Waals surface area contributed by atoms with Crippen molar-refractivity contribution in [2.24, 2.45) is 11.8 Å². The molecule has 6 nitrogen and oxygen atoms in total. The Labute approximate surface area is 160 Å². The molecule has 3 aliphatic heterocycles. The summed E-state index contributed by atoms with van der Waals surface area (Å²) >= 11 is 0. The minimum absolute atomic E-state index is 0.290. The molecule has 148 valence electrons. The molecule has 0 aromatic carbocycles. The van der Waals surface area contributed by atoms with Crippen LogP contribution in [0.25, 0.3) is 0 Å². The quantitative estimate of drug-likeness (QED) is 0.428. The molecule has 6 heteroatoms. The van der Waals surface area contributed by atoms with E-state index in [2.05, 4.69) is 0 Å². The van der Waals surface area contributed by atoms with Crippen molar-refractivity contribution >= 4 is 11.9 Å². The highest BCUT2D eigenvalue weighted by Crippen LogP contribution is 2.45. The van der Waals surface area contributed by atoms with Gasteiger partial charge in [0.05, 0.1) is 5.92 Å². The zero-order chi connectivity index (χ0) is 19.9. The fourth-order valence-electron chi connectivity index (χ4n) is 4.18. The first-order chi connectivity index (χ1) is 12.7. The lowest BCUT2D eigenvalue weighted by Crippen LogP contribution is -2.43. The summed E-state index contributed by atoms with van der Waals surface area (Å²) in [5.41, 5.74) is 2.44. The number of fused-ring (bicyclic) bond motifs is 4. The highest BCUT2D eigenvalue weighted by Gasteiger charge is 2.55. The molecule has 0 unspecified atom stereocenters.